The molecule has 0 unspecified atom stereocenters. The topological polar surface area (TPSA) is 90.4 Å². The molecular weight excluding hydrogens is 322 g/mol. The Bertz CT molecular complexity index is 745. The van der Waals surface area contributed by atoms with Crippen LogP contribution in [0.1, 0.15) is 37.7 Å². The maximum absolute atomic E-state index is 11.0. The molecule has 25 heavy (non-hydrogen) atoms. The number of aryl methyl sites for hydroxylation is 1. The molecule has 7 nitrogen and oxygen atoms in total. The molecule has 1 N–H and O–H groups in total. The number of hydrogen-bond donors (Lipinski definition) is 1. The number of aliphatic hydroxyl groups excluding tert-OH is 1. The summed E-state index contributed by atoms with van der Waals surface area (Å²) in [6.45, 7) is 9.85. The standard InChI is InChI=1S/C18H25N3O4/c1-12-17(21(23)24)13(2)20(19-12)10-15(22)11-25-16-8-6-14(7-9-16)18(3,4)5/h6-9,15,22H,10-11H2,1-5H3/t15-/m1/s1. The molecular formula is C18H25N3O4. The van der Waals surface area contributed by atoms with Crippen LogP contribution in [0.15, 0.2) is 24.3 Å². The summed E-state index contributed by atoms with van der Waals surface area (Å²) in [6.07, 6.45) is -0.820. The Balaban J connectivity index is 1.96. The van der Waals surface area contributed by atoms with E-state index in [0.29, 0.717) is 17.1 Å². The van der Waals surface area contributed by atoms with Crippen LogP contribution in [0.2, 0.25) is 0 Å². The van der Waals surface area contributed by atoms with Crippen LogP contribution in [-0.2, 0) is 12.0 Å². The lowest BCUT2D eigenvalue weighted by Crippen LogP contribution is -2.24. The van der Waals surface area contributed by atoms with Gasteiger partial charge in [-0.3, -0.25) is 14.8 Å². The van der Waals surface area contributed by atoms with E-state index in [9.17, 15) is 15.2 Å². The summed E-state index contributed by atoms with van der Waals surface area (Å²) in [5.41, 5.74) is 2.04. The summed E-state index contributed by atoms with van der Waals surface area (Å²) < 4.78 is 7.06. The molecule has 2 rings (SSSR count). The van der Waals surface area contributed by atoms with E-state index in [0.717, 1.165) is 0 Å². The second-order valence-corrected chi connectivity index (χ2v) is 7.20. The quantitative estimate of drug-likeness (QED) is 0.640. The summed E-state index contributed by atoms with van der Waals surface area (Å²) in [6, 6.07) is 7.76. The molecule has 0 saturated carbocycles. The lowest BCUT2D eigenvalue weighted by Gasteiger charge is -2.19. The fraction of sp³-hybridized carbons (Fsp3) is 0.500. The molecule has 0 amide bonds. The van der Waals surface area contributed by atoms with Crippen LogP contribution in [0, 0.1) is 24.0 Å². The normalized spacial score (nSPS) is 12.9. The number of benzene rings is 1. The van der Waals surface area contributed by atoms with Gasteiger partial charge in [0, 0.05) is 0 Å². The third kappa shape index (κ3) is 4.57. The van der Waals surface area contributed by atoms with Gasteiger partial charge in [-0.25, -0.2) is 0 Å². The van der Waals surface area contributed by atoms with Crippen molar-refractivity contribution in [2.75, 3.05) is 6.61 Å². The van der Waals surface area contributed by atoms with Crippen molar-refractivity contribution in [2.45, 2.75) is 52.7 Å². The van der Waals surface area contributed by atoms with Crippen LogP contribution < -0.4 is 4.74 Å². The Morgan fingerprint density at radius 1 is 1.28 bits per heavy atom. The minimum atomic E-state index is -0.820. The van der Waals surface area contributed by atoms with Crippen molar-refractivity contribution in [1.82, 2.24) is 9.78 Å². The Morgan fingerprint density at radius 3 is 2.36 bits per heavy atom. The van der Waals surface area contributed by atoms with E-state index in [4.69, 9.17) is 4.74 Å². The summed E-state index contributed by atoms with van der Waals surface area (Å²) in [4.78, 5) is 10.6. The maximum Gasteiger partial charge on any atom is 0.312 e. The Labute approximate surface area is 147 Å². The number of nitro groups is 1. The zero-order chi connectivity index (χ0) is 18.8. The first kappa shape index (κ1) is 18.9. The second-order valence-electron chi connectivity index (χ2n) is 7.20. The molecule has 0 fully saturated rings. The highest BCUT2D eigenvalue weighted by molar-refractivity contribution is 5.39. The fourth-order valence-electron chi connectivity index (χ4n) is 2.63. The molecule has 7 heteroatoms. The number of nitrogens with zero attached hydrogens (tertiary/aromatic N) is 3. The number of aromatic nitrogens is 2. The lowest BCUT2D eigenvalue weighted by atomic mass is 9.87. The average Bonchev–Trinajstić information content (AvgIpc) is 2.79. The van der Waals surface area contributed by atoms with Gasteiger partial charge in [0.25, 0.3) is 0 Å². The summed E-state index contributed by atoms with van der Waals surface area (Å²) in [7, 11) is 0. The molecule has 1 aromatic heterocycles. The minimum Gasteiger partial charge on any atom is -0.491 e. The third-order valence-electron chi connectivity index (χ3n) is 4.07. The van der Waals surface area contributed by atoms with Crippen LogP contribution in [0.25, 0.3) is 0 Å². The molecule has 0 aliphatic heterocycles. The highest BCUT2D eigenvalue weighted by atomic mass is 16.6. The van der Waals surface area contributed by atoms with Gasteiger partial charge in [0.2, 0.25) is 0 Å². The lowest BCUT2D eigenvalue weighted by molar-refractivity contribution is -0.386. The van der Waals surface area contributed by atoms with E-state index >= 15 is 0 Å². The van der Waals surface area contributed by atoms with E-state index in [-0.39, 0.29) is 24.3 Å². The van der Waals surface area contributed by atoms with E-state index < -0.39 is 11.0 Å². The van der Waals surface area contributed by atoms with Crippen LogP contribution in [-0.4, -0.2) is 32.5 Å². The largest absolute Gasteiger partial charge is 0.491 e. The van der Waals surface area contributed by atoms with Crippen molar-refractivity contribution in [3.8, 4) is 5.75 Å². The van der Waals surface area contributed by atoms with Gasteiger partial charge in [-0.05, 0) is 37.0 Å². The average molecular weight is 347 g/mol. The molecule has 1 aromatic carbocycles. The SMILES string of the molecule is Cc1nn(C[C@@H](O)COc2ccc(C(C)(C)C)cc2)c(C)c1[N+](=O)[O-]. The van der Waals surface area contributed by atoms with Crippen LogP contribution >= 0.6 is 0 Å². The Morgan fingerprint density at radius 2 is 1.88 bits per heavy atom. The number of rotatable bonds is 6. The maximum atomic E-state index is 11.0. The van der Waals surface area contributed by atoms with Gasteiger partial charge < -0.3 is 9.84 Å². The van der Waals surface area contributed by atoms with Crippen molar-refractivity contribution in [2.24, 2.45) is 0 Å². The van der Waals surface area contributed by atoms with Gasteiger partial charge in [-0.2, -0.15) is 5.10 Å². The molecule has 0 bridgehead atoms. The van der Waals surface area contributed by atoms with Crippen LogP contribution in [0.4, 0.5) is 5.69 Å². The van der Waals surface area contributed by atoms with Crippen molar-refractivity contribution < 1.29 is 14.8 Å². The number of hydrogen-bond acceptors (Lipinski definition) is 5. The van der Waals surface area contributed by atoms with E-state index in [1.807, 2.05) is 24.3 Å². The van der Waals surface area contributed by atoms with Crippen molar-refractivity contribution in [1.29, 1.82) is 0 Å². The fourth-order valence-corrected chi connectivity index (χ4v) is 2.63. The smallest absolute Gasteiger partial charge is 0.312 e. The first-order valence-electron chi connectivity index (χ1n) is 8.19. The van der Waals surface area contributed by atoms with E-state index in [1.165, 1.54) is 10.2 Å². The zero-order valence-corrected chi connectivity index (χ0v) is 15.3. The second kappa shape index (κ2) is 7.23. The summed E-state index contributed by atoms with van der Waals surface area (Å²) in [5.74, 6) is 0.673. The van der Waals surface area contributed by atoms with Gasteiger partial charge in [-0.15, -0.1) is 0 Å². The highest BCUT2D eigenvalue weighted by Gasteiger charge is 2.23. The third-order valence-corrected chi connectivity index (χ3v) is 4.07. The highest BCUT2D eigenvalue weighted by Crippen LogP contribution is 2.25. The summed E-state index contributed by atoms with van der Waals surface area (Å²) in [5, 5.41) is 25.3. The van der Waals surface area contributed by atoms with Gasteiger partial charge in [0.1, 0.15) is 29.8 Å². The molecule has 0 spiro atoms. The van der Waals surface area contributed by atoms with Crippen molar-refractivity contribution in [3.63, 3.8) is 0 Å². The molecule has 1 heterocycles. The first-order chi connectivity index (χ1) is 11.6. The molecule has 0 aliphatic rings. The first-order valence-corrected chi connectivity index (χ1v) is 8.19. The molecule has 2 aromatic rings. The van der Waals surface area contributed by atoms with Gasteiger partial charge >= 0.3 is 5.69 Å². The zero-order valence-electron chi connectivity index (χ0n) is 15.3. The van der Waals surface area contributed by atoms with Crippen molar-refractivity contribution >= 4 is 5.69 Å². The molecule has 0 radical (unpaired) electrons. The number of ether oxygens (including phenoxy) is 1. The molecule has 0 aliphatic carbocycles. The van der Waals surface area contributed by atoms with Gasteiger partial charge in [-0.1, -0.05) is 32.9 Å². The predicted octanol–water partition coefficient (Wildman–Crippen LogP) is 3.15. The minimum absolute atomic E-state index is 0.00844. The molecule has 1 atom stereocenters. The summed E-state index contributed by atoms with van der Waals surface area (Å²) >= 11 is 0. The monoisotopic (exact) mass is 347 g/mol. The Hall–Kier alpha value is -2.41. The molecule has 136 valence electrons. The van der Waals surface area contributed by atoms with Gasteiger partial charge in [0.05, 0.1) is 11.5 Å². The Kier molecular flexibility index (Phi) is 5.47. The van der Waals surface area contributed by atoms with Crippen LogP contribution in [0.3, 0.4) is 0 Å². The van der Waals surface area contributed by atoms with E-state index in [2.05, 4.69) is 25.9 Å². The molecule has 0 saturated heterocycles. The van der Waals surface area contributed by atoms with Gasteiger partial charge in [0.15, 0.2) is 0 Å². The van der Waals surface area contributed by atoms with E-state index in [1.54, 1.807) is 13.8 Å². The van der Waals surface area contributed by atoms with Crippen molar-refractivity contribution in [3.05, 3.63) is 51.3 Å². The number of aliphatic hydroxyl groups is 1. The van der Waals surface area contributed by atoms with Crippen LogP contribution in [0.5, 0.6) is 5.75 Å². The predicted molar refractivity (Wildman–Crippen MR) is 95.0 cm³/mol.